The largest absolute Gasteiger partial charge is 0.237 e. The van der Waals surface area contributed by atoms with Crippen molar-refractivity contribution < 1.29 is 0 Å². The van der Waals surface area contributed by atoms with E-state index in [2.05, 4.69) is 12.4 Å². The molecule has 0 spiro atoms. The van der Waals surface area contributed by atoms with Gasteiger partial charge in [0.25, 0.3) is 0 Å². The highest BCUT2D eigenvalue weighted by Crippen LogP contribution is 1.48. The van der Waals surface area contributed by atoms with Crippen molar-refractivity contribution >= 4 is 7.28 Å². The third kappa shape index (κ3) is 3.36. The average Bonchev–Trinajstić information content (AvgIpc) is 1.41. The van der Waals surface area contributed by atoms with Crippen molar-refractivity contribution in [3.05, 3.63) is 12.6 Å². The van der Waals surface area contributed by atoms with Crippen LogP contribution >= 0.6 is 0 Å². The molecule has 24 valence electrons. The van der Waals surface area contributed by atoms with Gasteiger partial charge in [-0.3, -0.25) is 0 Å². The quantitative estimate of drug-likeness (QED) is 0.301. The minimum atomic E-state index is 0.681. The summed E-state index contributed by atoms with van der Waals surface area (Å²) in [6, 6.07) is 0. The first-order valence-electron chi connectivity index (χ1n) is 1.46. The van der Waals surface area contributed by atoms with Gasteiger partial charge in [-0.2, -0.15) is 5.82 Å². The average molecular weight is 63.9 g/mol. The van der Waals surface area contributed by atoms with Crippen LogP contribution in [0.15, 0.2) is 12.6 Å². The maximum absolute atomic E-state index is 4.82. The summed E-state index contributed by atoms with van der Waals surface area (Å²) in [6.07, 6.45) is 4.82. The van der Waals surface area contributed by atoms with Crippen molar-refractivity contribution in [3.63, 3.8) is 0 Å². The highest BCUT2D eigenvalue weighted by molar-refractivity contribution is 6.51. The third-order valence-electron chi connectivity index (χ3n) is 0.262. The van der Waals surface area contributed by atoms with E-state index in [0.29, 0.717) is 7.28 Å². The molecular formula is C4H5B. The fraction of sp³-hybridized carbons (Fsp3) is 0. The van der Waals surface area contributed by atoms with Gasteiger partial charge in [-0.1, -0.05) is 0 Å². The molecule has 0 nitrogen and oxygen atoms in total. The van der Waals surface area contributed by atoms with Crippen molar-refractivity contribution in [3.8, 4) is 12.2 Å². The molecule has 0 aromatic carbocycles. The third-order valence-corrected chi connectivity index (χ3v) is 0.262. The van der Waals surface area contributed by atoms with Gasteiger partial charge in [0.05, 0.1) is 0 Å². The van der Waals surface area contributed by atoms with Gasteiger partial charge in [-0.05, 0) is 0 Å². The molecule has 0 fully saturated rings. The molecule has 0 aromatic rings. The van der Waals surface area contributed by atoms with Crippen LogP contribution in [0, 0.1) is 12.2 Å². The topological polar surface area (TPSA) is 0 Å². The van der Waals surface area contributed by atoms with E-state index in [-0.39, 0.29) is 0 Å². The van der Waals surface area contributed by atoms with Crippen LogP contribution in [0.3, 0.4) is 0 Å². The Morgan fingerprint density at radius 3 is 2.60 bits per heavy atom. The summed E-state index contributed by atoms with van der Waals surface area (Å²) in [4.78, 5) is 0. The van der Waals surface area contributed by atoms with Crippen LogP contribution in [0.2, 0.25) is 0 Å². The number of hydrogen-bond donors (Lipinski definition) is 0. The molecule has 0 rings (SSSR count). The Balaban J connectivity index is 2.75. The molecule has 0 heterocycles. The molecule has 0 aliphatic carbocycles. The molecule has 0 unspecified atom stereocenters. The second-order valence-electron chi connectivity index (χ2n) is 0.697. The minimum absolute atomic E-state index is 0.681. The molecule has 1 heteroatoms. The van der Waals surface area contributed by atoms with Crippen molar-refractivity contribution in [2.75, 3.05) is 0 Å². The van der Waals surface area contributed by atoms with E-state index in [1.54, 1.807) is 5.98 Å². The summed E-state index contributed by atoms with van der Waals surface area (Å²) in [7, 11) is 0.681. The van der Waals surface area contributed by atoms with Gasteiger partial charge in [0, 0.05) is 0 Å². The highest BCUT2D eigenvalue weighted by Gasteiger charge is 1.59. The first kappa shape index (κ1) is 4.36. The van der Waals surface area contributed by atoms with E-state index in [9.17, 15) is 0 Å². The van der Waals surface area contributed by atoms with Crippen LogP contribution in [-0.4, -0.2) is 7.28 Å². The second-order valence-corrected chi connectivity index (χ2v) is 0.697. The molecule has 0 saturated carbocycles. The van der Waals surface area contributed by atoms with Crippen LogP contribution in [0.5, 0.6) is 0 Å². The smallest absolute Gasteiger partial charge is 0.158 e. The monoisotopic (exact) mass is 64.0 g/mol. The summed E-state index contributed by atoms with van der Waals surface area (Å²) in [5.41, 5.74) is 0. The molecule has 0 aromatic heterocycles. The predicted molar refractivity (Wildman–Crippen MR) is 26.2 cm³/mol. The molecule has 0 bridgehead atoms. The number of terminal acetylenes is 1. The van der Waals surface area contributed by atoms with Gasteiger partial charge in [-0.25, -0.2) is 0 Å². The normalized spacial score (nSPS) is 4.60. The predicted octanol–water partition coefficient (Wildman–Crippen LogP) is 0.157. The Hall–Kier alpha value is -0.635. The lowest BCUT2D eigenvalue weighted by Crippen LogP contribution is -1.69. The first-order chi connectivity index (χ1) is 2.41. The van der Waals surface area contributed by atoms with Crippen molar-refractivity contribution in [2.24, 2.45) is 0 Å². The Morgan fingerprint density at radius 2 is 2.60 bits per heavy atom. The lowest BCUT2D eigenvalue weighted by molar-refractivity contribution is 2.55. The first-order valence-corrected chi connectivity index (χ1v) is 1.46. The Labute approximate surface area is 33.1 Å². The summed E-state index contributed by atoms with van der Waals surface area (Å²) in [5, 5.41) is 0. The maximum atomic E-state index is 4.82. The Kier molecular flexibility index (Phi) is 2.94. The van der Waals surface area contributed by atoms with Crippen molar-refractivity contribution in [1.29, 1.82) is 0 Å². The Morgan fingerprint density at radius 1 is 2.00 bits per heavy atom. The minimum Gasteiger partial charge on any atom is -0.158 e. The molecule has 0 aliphatic rings. The zero-order valence-corrected chi connectivity index (χ0v) is 3.07. The van der Waals surface area contributed by atoms with E-state index >= 15 is 0 Å². The molecule has 0 aliphatic heterocycles. The van der Waals surface area contributed by atoms with E-state index in [1.807, 2.05) is 0 Å². The van der Waals surface area contributed by atoms with E-state index in [0.717, 1.165) is 0 Å². The SMILES string of the molecule is C#CBC=C. The zero-order chi connectivity index (χ0) is 4.12. The number of rotatable bonds is 1. The zero-order valence-electron chi connectivity index (χ0n) is 3.07. The maximum Gasteiger partial charge on any atom is 0.237 e. The molecule has 0 amide bonds. The van der Waals surface area contributed by atoms with Gasteiger partial charge in [0.1, 0.15) is 0 Å². The van der Waals surface area contributed by atoms with Crippen molar-refractivity contribution in [2.45, 2.75) is 0 Å². The van der Waals surface area contributed by atoms with Gasteiger partial charge in [-0.15, -0.1) is 19.0 Å². The van der Waals surface area contributed by atoms with Crippen LogP contribution in [0.25, 0.3) is 0 Å². The lowest BCUT2D eigenvalue weighted by atomic mass is 9.82. The van der Waals surface area contributed by atoms with Crippen LogP contribution in [-0.2, 0) is 0 Å². The molecule has 5 heavy (non-hydrogen) atoms. The van der Waals surface area contributed by atoms with E-state index in [4.69, 9.17) is 6.42 Å². The molecule has 0 N–H and O–H groups in total. The van der Waals surface area contributed by atoms with Gasteiger partial charge in [0.2, 0.25) is 7.28 Å². The van der Waals surface area contributed by atoms with Gasteiger partial charge < -0.3 is 0 Å². The number of hydrogen-bond acceptors (Lipinski definition) is 0. The molecular weight excluding hydrogens is 58.9 g/mol. The molecule has 0 radical (unpaired) electrons. The lowest BCUT2D eigenvalue weighted by Gasteiger charge is -1.55. The molecule has 0 saturated heterocycles. The fourth-order valence-corrected chi connectivity index (χ4v) is 0.0833. The summed E-state index contributed by atoms with van der Waals surface area (Å²) in [5.74, 6) is 4.09. The van der Waals surface area contributed by atoms with Crippen molar-refractivity contribution in [1.82, 2.24) is 0 Å². The summed E-state index contributed by atoms with van der Waals surface area (Å²) < 4.78 is 0. The summed E-state index contributed by atoms with van der Waals surface area (Å²) >= 11 is 0. The fourth-order valence-electron chi connectivity index (χ4n) is 0.0833. The van der Waals surface area contributed by atoms with Gasteiger partial charge >= 0.3 is 0 Å². The Bertz CT molecular complexity index is 58.5. The van der Waals surface area contributed by atoms with Gasteiger partial charge in [0.15, 0.2) is 0 Å². The van der Waals surface area contributed by atoms with Crippen LogP contribution < -0.4 is 0 Å². The summed E-state index contributed by atoms with van der Waals surface area (Å²) in [6.45, 7) is 3.41. The standard InChI is InChI=1S/C4H5B/c1-3-5-4-2/h1,4-5H,2H2. The van der Waals surface area contributed by atoms with Crippen LogP contribution in [0.1, 0.15) is 0 Å². The molecule has 0 atom stereocenters. The van der Waals surface area contributed by atoms with E-state index in [1.165, 1.54) is 0 Å². The van der Waals surface area contributed by atoms with E-state index < -0.39 is 0 Å². The second kappa shape index (κ2) is 3.36. The highest BCUT2D eigenvalue weighted by atomic mass is 13.2. The van der Waals surface area contributed by atoms with Crippen LogP contribution in [0.4, 0.5) is 0 Å².